The maximum absolute atomic E-state index is 11.8. The first-order valence-electron chi connectivity index (χ1n) is 5.89. The van der Waals surface area contributed by atoms with E-state index >= 15 is 0 Å². The molecule has 1 aliphatic rings. The molecule has 1 nitrogen and oxygen atoms in total. The van der Waals surface area contributed by atoms with Crippen LogP contribution in [0.1, 0.15) is 38.5 Å². The van der Waals surface area contributed by atoms with Gasteiger partial charge in [-0.15, -0.1) is 11.6 Å². The average molecular weight is 258 g/mol. The van der Waals surface area contributed by atoms with Crippen molar-refractivity contribution in [2.24, 2.45) is 5.92 Å². The molecule has 5 heteroatoms. The Morgan fingerprint density at radius 3 is 2.31 bits per heavy atom. The lowest BCUT2D eigenvalue weighted by atomic mass is 9.89. The van der Waals surface area contributed by atoms with Gasteiger partial charge >= 0.3 is 6.18 Å². The van der Waals surface area contributed by atoms with E-state index in [1.807, 2.05) is 0 Å². The van der Waals surface area contributed by atoms with E-state index in [0.717, 1.165) is 32.2 Å². The fraction of sp³-hybridized carbons (Fsp3) is 1.00. The van der Waals surface area contributed by atoms with E-state index in [1.165, 1.54) is 0 Å². The summed E-state index contributed by atoms with van der Waals surface area (Å²) in [5.74, 6) is 0.598. The second kappa shape index (κ2) is 6.70. The van der Waals surface area contributed by atoms with Gasteiger partial charge in [0.1, 0.15) is 0 Å². The van der Waals surface area contributed by atoms with Crippen LogP contribution in [-0.4, -0.2) is 24.6 Å². The van der Waals surface area contributed by atoms with Crippen LogP contribution >= 0.6 is 11.6 Å². The van der Waals surface area contributed by atoms with E-state index in [2.05, 4.69) is 5.32 Å². The second-order valence-corrected chi connectivity index (χ2v) is 5.16. The number of hydrogen-bond acceptors (Lipinski definition) is 1. The van der Waals surface area contributed by atoms with Crippen LogP contribution in [0.25, 0.3) is 0 Å². The topological polar surface area (TPSA) is 12.0 Å². The first-order valence-corrected chi connectivity index (χ1v) is 6.32. The summed E-state index contributed by atoms with van der Waals surface area (Å²) in [6, 6.07) is 0. The minimum Gasteiger partial charge on any atom is -0.316 e. The van der Waals surface area contributed by atoms with Crippen LogP contribution in [0, 0.1) is 5.92 Å². The van der Waals surface area contributed by atoms with Gasteiger partial charge in [-0.2, -0.15) is 13.2 Å². The van der Waals surface area contributed by atoms with Gasteiger partial charge in [-0.1, -0.05) is 0 Å². The Hall–Kier alpha value is 0.0400. The number of halogens is 4. The van der Waals surface area contributed by atoms with Gasteiger partial charge in [0.15, 0.2) is 0 Å². The molecule has 1 saturated carbocycles. The molecule has 1 N–H and O–H groups in total. The molecule has 0 aliphatic heterocycles. The van der Waals surface area contributed by atoms with Crippen LogP contribution in [0.2, 0.25) is 0 Å². The third-order valence-corrected chi connectivity index (χ3v) is 3.46. The molecule has 0 heterocycles. The van der Waals surface area contributed by atoms with Crippen molar-refractivity contribution in [1.82, 2.24) is 5.32 Å². The Kier molecular flexibility index (Phi) is 5.90. The average Bonchev–Trinajstić information content (AvgIpc) is 2.19. The molecule has 1 aliphatic carbocycles. The summed E-state index contributed by atoms with van der Waals surface area (Å²) < 4.78 is 35.5. The van der Waals surface area contributed by atoms with Gasteiger partial charge in [0.2, 0.25) is 0 Å². The summed E-state index contributed by atoms with van der Waals surface area (Å²) in [7, 11) is 0. The van der Waals surface area contributed by atoms with Gasteiger partial charge in [0.25, 0.3) is 0 Å². The van der Waals surface area contributed by atoms with Gasteiger partial charge in [0.05, 0.1) is 0 Å². The summed E-state index contributed by atoms with van der Waals surface area (Å²) in [5.41, 5.74) is 0. The summed E-state index contributed by atoms with van der Waals surface area (Å²) in [6.07, 6.45) is -0.255. The molecular weight excluding hydrogens is 239 g/mol. The van der Waals surface area contributed by atoms with Crippen molar-refractivity contribution in [2.45, 2.75) is 50.1 Å². The number of nitrogens with one attached hydrogen (secondary N) is 1. The molecule has 0 amide bonds. The molecule has 0 saturated heterocycles. The van der Waals surface area contributed by atoms with E-state index in [1.54, 1.807) is 0 Å². The van der Waals surface area contributed by atoms with Gasteiger partial charge in [0, 0.05) is 11.8 Å². The van der Waals surface area contributed by atoms with Crippen LogP contribution < -0.4 is 5.32 Å². The Labute approximate surface area is 99.7 Å². The lowest BCUT2D eigenvalue weighted by Crippen LogP contribution is -2.28. The number of alkyl halides is 4. The molecule has 0 aromatic rings. The van der Waals surface area contributed by atoms with Gasteiger partial charge < -0.3 is 5.32 Å². The Bertz CT molecular complexity index is 188. The predicted octanol–water partition coefficient (Wildman–Crippen LogP) is 3.72. The summed E-state index contributed by atoms with van der Waals surface area (Å²) >= 11 is 5.97. The van der Waals surface area contributed by atoms with Crippen LogP contribution in [0.15, 0.2) is 0 Å². The second-order valence-electron chi connectivity index (χ2n) is 4.54. The van der Waals surface area contributed by atoms with Crippen molar-refractivity contribution in [1.29, 1.82) is 0 Å². The molecule has 96 valence electrons. The zero-order valence-electron chi connectivity index (χ0n) is 9.32. The minimum absolute atomic E-state index is 0.175. The largest absolute Gasteiger partial charge is 0.389 e. The minimum atomic E-state index is -4.02. The Balaban J connectivity index is 1.95. The first kappa shape index (κ1) is 14.1. The molecule has 0 aromatic carbocycles. The van der Waals surface area contributed by atoms with Crippen molar-refractivity contribution in [3.05, 3.63) is 0 Å². The summed E-state index contributed by atoms with van der Waals surface area (Å²) in [6.45, 7) is 1.29. The number of rotatable bonds is 5. The maximum Gasteiger partial charge on any atom is 0.389 e. The van der Waals surface area contributed by atoms with Gasteiger partial charge in [-0.3, -0.25) is 0 Å². The summed E-state index contributed by atoms with van der Waals surface area (Å²) in [4.78, 5) is 0. The van der Waals surface area contributed by atoms with Crippen LogP contribution in [0.5, 0.6) is 0 Å². The fourth-order valence-corrected chi connectivity index (χ4v) is 2.30. The Morgan fingerprint density at radius 1 is 1.12 bits per heavy atom. The first-order chi connectivity index (χ1) is 7.47. The molecule has 0 bridgehead atoms. The molecule has 0 radical (unpaired) electrons. The van der Waals surface area contributed by atoms with E-state index in [4.69, 9.17) is 11.6 Å². The molecule has 16 heavy (non-hydrogen) atoms. The van der Waals surface area contributed by atoms with Gasteiger partial charge in [-0.05, 0) is 51.1 Å². The third-order valence-electron chi connectivity index (χ3n) is 3.02. The van der Waals surface area contributed by atoms with Gasteiger partial charge in [-0.25, -0.2) is 0 Å². The predicted molar refractivity (Wildman–Crippen MR) is 59.8 cm³/mol. The maximum atomic E-state index is 11.8. The SMILES string of the molecule is FC(F)(F)CCCNCC1CCC(Cl)CC1. The number of hydrogen-bond donors (Lipinski definition) is 1. The highest BCUT2D eigenvalue weighted by molar-refractivity contribution is 6.20. The normalized spacial score (nSPS) is 27.0. The quantitative estimate of drug-likeness (QED) is 0.585. The van der Waals surface area contributed by atoms with Crippen LogP contribution in [0.3, 0.4) is 0 Å². The third kappa shape index (κ3) is 6.59. The standard InChI is InChI=1S/C11H19ClF3N/c12-10-4-2-9(3-5-10)8-16-7-1-6-11(13,14)15/h9-10,16H,1-8H2. The molecule has 1 rings (SSSR count). The highest BCUT2D eigenvalue weighted by Gasteiger charge is 2.26. The smallest absolute Gasteiger partial charge is 0.316 e. The monoisotopic (exact) mass is 257 g/mol. The zero-order valence-corrected chi connectivity index (χ0v) is 10.1. The van der Waals surface area contributed by atoms with Crippen molar-refractivity contribution >= 4 is 11.6 Å². The van der Waals surface area contributed by atoms with Crippen LogP contribution in [-0.2, 0) is 0 Å². The molecule has 0 unspecified atom stereocenters. The van der Waals surface area contributed by atoms with Crippen molar-refractivity contribution in [3.63, 3.8) is 0 Å². The fourth-order valence-electron chi connectivity index (χ4n) is 2.05. The van der Waals surface area contributed by atoms with Crippen molar-refractivity contribution in [3.8, 4) is 0 Å². The lowest BCUT2D eigenvalue weighted by Gasteiger charge is -2.25. The lowest BCUT2D eigenvalue weighted by molar-refractivity contribution is -0.135. The summed E-state index contributed by atoms with van der Waals surface area (Å²) in [5, 5.41) is 3.41. The van der Waals surface area contributed by atoms with E-state index in [-0.39, 0.29) is 6.42 Å². The van der Waals surface area contributed by atoms with Crippen LogP contribution in [0.4, 0.5) is 13.2 Å². The molecular formula is C11H19ClF3N. The zero-order chi connectivity index (χ0) is 12.0. The van der Waals surface area contributed by atoms with E-state index in [0.29, 0.717) is 17.8 Å². The molecule has 0 spiro atoms. The Morgan fingerprint density at radius 2 is 1.75 bits per heavy atom. The molecule has 0 atom stereocenters. The van der Waals surface area contributed by atoms with Crippen molar-refractivity contribution < 1.29 is 13.2 Å². The van der Waals surface area contributed by atoms with E-state index < -0.39 is 12.6 Å². The molecule has 0 aromatic heterocycles. The molecule has 1 fully saturated rings. The van der Waals surface area contributed by atoms with Crippen molar-refractivity contribution in [2.75, 3.05) is 13.1 Å². The van der Waals surface area contributed by atoms with E-state index in [9.17, 15) is 13.2 Å². The highest BCUT2D eigenvalue weighted by Crippen LogP contribution is 2.27. The highest BCUT2D eigenvalue weighted by atomic mass is 35.5.